The zero-order valence-electron chi connectivity index (χ0n) is 12.1. The molecule has 1 N–H and O–H groups in total. The third-order valence-corrected chi connectivity index (χ3v) is 5.49. The molecule has 1 saturated carbocycles. The number of hydrogen-bond donors (Lipinski definition) is 1. The van der Waals surface area contributed by atoms with Crippen molar-refractivity contribution in [1.29, 1.82) is 0 Å². The van der Waals surface area contributed by atoms with Gasteiger partial charge in [-0.05, 0) is 36.1 Å². The first-order chi connectivity index (χ1) is 9.31. The summed E-state index contributed by atoms with van der Waals surface area (Å²) in [6, 6.07) is 4.28. The van der Waals surface area contributed by atoms with Gasteiger partial charge in [-0.15, -0.1) is 35.3 Å². The van der Waals surface area contributed by atoms with Crippen LogP contribution in [-0.2, 0) is 6.54 Å². The number of aliphatic imine (C=N–C) groups is 1. The monoisotopic (exact) mass is 405 g/mol. The van der Waals surface area contributed by atoms with Crippen LogP contribution in [0, 0.1) is 5.41 Å². The molecule has 1 aromatic heterocycles. The van der Waals surface area contributed by atoms with E-state index in [4.69, 9.17) is 0 Å². The highest BCUT2D eigenvalue weighted by Gasteiger charge is 2.40. The molecule has 1 spiro atoms. The van der Waals surface area contributed by atoms with Crippen molar-refractivity contribution >= 4 is 41.3 Å². The molecule has 3 nitrogen and oxygen atoms in total. The van der Waals surface area contributed by atoms with Gasteiger partial charge in [-0.3, -0.25) is 4.99 Å². The number of nitrogens with zero attached hydrogens (tertiary/aromatic N) is 2. The van der Waals surface area contributed by atoms with Crippen molar-refractivity contribution in [3.63, 3.8) is 0 Å². The summed E-state index contributed by atoms with van der Waals surface area (Å²) < 4.78 is 0. The van der Waals surface area contributed by atoms with Gasteiger partial charge in [-0.2, -0.15) is 0 Å². The van der Waals surface area contributed by atoms with Crippen LogP contribution in [0.3, 0.4) is 0 Å². The van der Waals surface area contributed by atoms with E-state index < -0.39 is 0 Å². The molecule has 2 fully saturated rings. The lowest BCUT2D eigenvalue weighted by atomic mass is 9.86. The van der Waals surface area contributed by atoms with E-state index in [0.717, 1.165) is 12.5 Å². The summed E-state index contributed by atoms with van der Waals surface area (Å²) in [4.78, 5) is 8.29. The van der Waals surface area contributed by atoms with Crippen molar-refractivity contribution in [3.05, 3.63) is 22.4 Å². The number of guanidine groups is 1. The SMILES string of the molecule is CN=C(NCc1cccs1)N1CCC2(CCCC2)C1.I. The smallest absolute Gasteiger partial charge is 0.193 e. The predicted octanol–water partition coefficient (Wildman–Crippen LogP) is 3.71. The van der Waals surface area contributed by atoms with Gasteiger partial charge in [0.1, 0.15) is 0 Å². The molecule has 0 amide bonds. The zero-order valence-corrected chi connectivity index (χ0v) is 15.2. The van der Waals surface area contributed by atoms with Crippen molar-refractivity contribution in [2.24, 2.45) is 10.4 Å². The molecule has 0 atom stereocenters. The third kappa shape index (κ3) is 3.47. The molecule has 1 aliphatic carbocycles. The zero-order chi connectivity index (χ0) is 13.1. The summed E-state index contributed by atoms with van der Waals surface area (Å²) in [6.07, 6.45) is 7.05. The Kier molecular flexibility index (Phi) is 5.72. The minimum Gasteiger partial charge on any atom is -0.351 e. The fourth-order valence-electron chi connectivity index (χ4n) is 3.56. The molecule has 5 heteroatoms. The van der Waals surface area contributed by atoms with Crippen LogP contribution in [0.4, 0.5) is 0 Å². The first kappa shape index (κ1) is 16.1. The van der Waals surface area contributed by atoms with Crippen LogP contribution in [0.5, 0.6) is 0 Å². The van der Waals surface area contributed by atoms with E-state index in [9.17, 15) is 0 Å². The molecule has 2 heterocycles. The molecule has 0 radical (unpaired) electrons. The van der Waals surface area contributed by atoms with Crippen molar-refractivity contribution in [2.45, 2.75) is 38.6 Å². The fourth-order valence-corrected chi connectivity index (χ4v) is 4.21. The Bertz CT molecular complexity index is 438. The Balaban J connectivity index is 0.00000147. The van der Waals surface area contributed by atoms with E-state index in [1.165, 1.54) is 50.1 Å². The highest BCUT2D eigenvalue weighted by atomic mass is 127. The Labute approximate surface area is 142 Å². The second-order valence-electron chi connectivity index (χ2n) is 5.86. The van der Waals surface area contributed by atoms with Crippen LogP contribution in [-0.4, -0.2) is 31.0 Å². The molecular formula is C15H24IN3S. The summed E-state index contributed by atoms with van der Waals surface area (Å²) in [5.41, 5.74) is 0.612. The van der Waals surface area contributed by atoms with E-state index in [1.807, 2.05) is 7.05 Å². The van der Waals surface area contributed by atoms with Crippen molar-refractivity contribution in [2.75, 3.05) is 20.1 Å². The Hall–Kier alpha value is -0.300. The molecule has 20 heavy (non-hydrogen) atoms. The Morgan fingerprint density at radius 2 is 2.20 bits per heavy atom. The topological polar surface area (TPSA) is 27.6 Å². The summed E-state index contributed by atoms with van der Waals surface area (Å²) in [6.45, 7) is 3.27. The van der Waals surface area contributed by atoms with E-state index in [1.54, 1.807) is 11.3 Å². The van der Waals surface area contributed by atoms with Crippen LogP contribution in [0.25, 0.3) is 0 Å². The summed E-state index contributed by atoms with van der Waals surface area (Å²) in [7, 11) is 1.90. The van der Waals surface area contributed by atoms with E-state index in [2.05, 4.69) is 32.7 Å². The second kappa shape index (κ2) is 7.11. The molecule has 0 bridgehead atoms. The normalized spacial score (nSPS) is 21.2. The summed E-state index contributed by atoms with van der Waals surface area (Å²) in [5.74, 6) is 1.08. The van der Waals surface area contributed by atoms with Gasteiger partial charge in [-0.25, -0.2) is 0 Å². The minimum absolute atomic E-state index is 0. The standard InChI is InChI=1S/C15H23N3S.HI/c1-16-14(17-11-13-5-4-10-19-13)18-9-8-15(12-18)6-2-3-7-15;/h4-5,10H,2-3,6-9,11-12H2,1H3,(H,16,17);1H. The molecule has 0 unspecified atom stereocenters. The lowest BCUT2D eigenvalue weighted by Gasteiger charge is -2.25. The molecular weight excluding hydrogens is 381 g/mol. The Morgan fingerprint density at radius 1 is 1.40 bits per heavy atom. The average molecular weight is 405 g/mol. The van der Waals surface area contributed by atoms with Gasteiger partial charge in [0.15, 0.2) is 5.96 Å². The van der Waals surface area contributed by atoms with Crippen LogP contribution in [0.2, 0.25) is 0 Å². The van der Waals surface area contributed by atoms with E-state index in [0.29, 0.717) is 5.41 Å². The van der Waals surface area contributed by atoms with Crippen LogP contribution < -0.4 is 5.32 Å². The summed E-state index contributed by atoms with van der Waals surface area (Å²) >= 11 is 1.80. The fraction of sp³-hybridized carbons (Fsp3) is 0.667. The number of hydrogen-bond acceptors (Lipinski definition) is 2. The number of likely N-dealkylation sites (tertiary alicyclic amines) is 1. The van der Waals surface area contributed by atoms with Gasteiger partial charge in [0.2, 0.25) is 0 Å². The van der Waals surface area contributed by atoms with Crippen molar-refractivity contribution in [1.82, 2.24) is 10.2 Å². The largest absolute Gasteiger partial charge is 0.351 e. The van der Waals surface area contributed by atoms with Gasteiger partial charge in [0, 0.05) is 25.0 Å². The van der Waals surface area contributed by atoms with Crippen LogP contribution >= 0.6 is 35.3 Å². The highest BCUT2D eigenvalue weighted by molar-refractivity contribution is 14.0. The second-order valence-corrected chi connectivity index (χ2v) is 6.89. The molecule has 1 aliphatic heterocycles. The maximum absolute atomic E-state index is 4.46. The predicted molar refractivity (Wildman–Crippen MR) is 97.0 cm³/mol. The maximum Gasteiger partial charge on any atom is 0.193 e. The number of rotatable bonds is 2. The van der Waals surface area contributed by atoms with Gasteiger partial charge in [0.05, 0.1) is 6.54 Å². The van der Waals surface area contributed by atoms with Gasteiger partial charge in [0.25, 0.3) is 0 Å². The molecule has 112 valence electrons. The van der Waals surface area contributed by atoms with Crippen molar-refractivity contribution in [3.8, 4) is 0 Å². The van der Waals surface area contributed by atoms with Crippen LogP contribution in [0.15, 0.2) is 22.5 Å². The van der Waals surface area contributed by atoms with Gasteiger partial charge in [-0.1, -0.05) is 18.9 Å². The number of thiophene rings is 1. The molecule has 1 aromatic rings. The molecule has 0 aromatic carbocycles. The third-order valence-electron chi connectivity index (χ3n) is 4.61. The number of halogens is 1. The molecule has 3 rings (SSSR count). The first-order valence-electron chi connectivity index (χ1n) is 7.29. The number of nitrogens with one attached hydrogen (secondary N) is 1. The summed E-state index contributed by atoms with van der Waals surface area (Å²) in [5, 5.41) is 5.63. The highest BCUT2D eigenvalue weighted by Crippen LogP contribution is 2.45. The van der Waals surface area contributed by atoms with E-state index >= 15 is 0 Å². The lowest BCUT2D eigenvalue weighted by Crippen LogP contribution is -2.40. The maximum atomic E-state index is 4.46. The first-order valence-corrected chi connectivity index (χ1v) is 8.17. The Morgan fingerprint density at radius 3 is 2.85 bits per heavy atom. The van der Waals surface area contributed by atoms with Crippen LogP contribution in [0.1, 0.15) is 37.0 Å². The minimum atomic E-state index is 0. The molecule has 1 saturated heterocycles. The van der Waals surface area contributed by atoms with Crippen molar-refractivity contribution < 1.29 is 0 Å². The van der Waals surface area contributed by atoms with Gasteiger partial charge < -0.3 is 10.2 Å². The van der Waals surface area contributed by atoms with Gasteiger partial charge >= 0.3 is 0 Å². The molecule has 2 aliphatic rings. The lowest BCUT2D eigenvalue weighted by molar-refractivity contribution is 0.309. The quantitative estimate of drug-likeness (QED) is 0.462. The van der Waals surface area contributed by atoms with E-state index in [-0.39, 0.29) is 24.0 Å². The average Bonchev–Trinajstić information content (AvgIpc) is 3.15.